The minimum atomic E-state index is -3.73. The molecule has 34 heavy (non-hydrogen) atoms. The fraction of sp³-hybridized carbons (Fsp3) is 0.0800. The summed E-state index contributed by atoms with van der Waals surface area (Å²) in [5.74, 6) is 1.41. The zero-order valence-corrected chi connectivity index (χ0v) is 19.3. The van der Waals surface area contributed by atoms with Crippen LogP contribution in [0.2, 0.25) is 0 Å². The molecule has 1 N–H and O–H groups in total. The van der Waals surface area contributed by atoms with Crippen LogP contribution < -0.4 is 9.46 Å². The normalized spacial score (nSPS) is 11.5. The minimum Gasteiger partial charge on any atom is -0.438 e. The van der Waals surface area contributed by atoms with Crippen molar-refractivity contribution in [1.82, 2.24) is 20.0 Å². The first-order chi connectivity index (χ1) is 16.4. The minimum absolute atomic E-state index is 0.199. The van der Waals surface area contributed by atoms with Crippen molar-refractivity contribution < 1.29 is 13.2 Å². The fourth-order valence-electron chi connectivity index (χ4n) is 3.60. The van der Waals surface area contributed by atoms with Crippen LogP contribution in [-0.4, -0.2) is 28.4 Å². The summed E-state index contributed by atoms with van der Waals surface area (Å²) in [6, 6.07) is 24.7. The first-order valence-electron chi connectivity index (χ1n) is 10.5. The maximum atomic E-state index is 12.8. The van der Waals surface area contributed by atoms with Crippen molar-refractivity contribution in [3.8, 4) is 17.4 Å². The highest BCUT2D eigenvalue weighted by Crippen LogP contribution is 2.25. The lowest BCUT2D eigenvalue weighted by molar-refractivity contribution is 0.454. The second kappa shape index (κ2) is 8.60. The standard InChI is InChI=1S/C25H21N5O3S/c1-17-15-18(2)30(28-17)24-13-14-25(27-26-24)33-22-10-8-21(9-11-22)29-34(31,32)23-12-7-19-5-3-4-6-20(19)16-23/h3-16,29H,1-2H3. The Morgan fingerprint density at radius 2 is 1.59 bits per heavy atom. The summed E-state index contributed by atoms with van der Waals surface area (Å²) in [5, 5.41) is 14.5. The van der Waals surface area contributed by atoms with Gasteiger partial charge in [0.15, 0.2) is 5.82 Å². The van der Waals surface area contributed by atoms with E-state index in [9.17, 15) is 8.42 Å². The Balaban J connectivity index is 1.28. The smallest absolute Gasteiger partial charge is 0.261 e. The van der Waals surface area contributed by atoms with Crippen LogP contribution in [0, 0.1) is 13.8 Å². The van der Waals surface area contributed by atoms with Gasteiger partial charge in [-0.25, -0.2) is 13.1 Å². The lowest BCUT2D eigenvalue weighted by atomic mass is 10.1. The third kappa shape index (κ3) is 4.46. The van der Waals surface area contributed by atoms with E-state index in [4.69, 9.17) is 4.74 Å². The molecule has 2 aromatic heterocycles. The molecule has 0 unspecified atom stereocenters. The van der Waals surface area contributed by atoms with E-state index in [0.717, 1.165) is 22.2 Å². The van der Waals surface area contributed by atoms with Crippen molar-refractivity contribution in [2.75, 3.05) is 4.72 Å². The Morgan fingerprint density at radius 1 is 0.824 bits per heavy atom. The van der Waals surface area contributed by atoms with Gasteiger partial charge in [0.05, 0.1) is 10.6 Å². The number of nitrogens with zero attached hydrogens (tertiary/aromatic N) is 4. The van der Waals surface area contributed by atoms with E-state index in [1.165, 1.54) is 0 Å². The highest BCUT2D eigenvalue weighted by atomic mass is 32.2. The van der Waals surface area contributed by atoms with Crippen molar-refractivity contribution in [1.29, 1.82) is 0 Å². The molecule has 0 aliphatic heterocycles. The number of aromatic nitrogens is 4. The molecule has 0 aliphatic rings. The molecule has 2 heterocycles. The van der Waals surface area contributed by atoms with Gasteiger partial charge in [0, 0.05) is 17.4 Å². The van der Waals surface area contributed by atoms with Crippen molar-refractivity contribution in [3.63, 3.8) is 0 Å². The van der Waals surface area contributed by atoms with Gasteiger partial charge in [-0.15, -0.1) is 10.2 Å². The predicted octanol–water partition coefficient (Wildman–Crippen LogP) is 5.03. The van der Waals surface area contributed by atoms with Gasteiger partial charge in [0.1, 0.15) is 5.75 Å². The summed E-state index contributed by atoms with van der Waals surface area (Å²) in [5.41, 5.74) is 2.28. The number of sulfonamides is 1. The number of hydrogen-bond acceptors (Lipinski definition) is 6. The molecule has 0 amide bonds. The molecule has 0 fully saturated rings. The summed E-state index contributed by atoms with van der Waals surface area (Å²) < 4.78 is 35.7. The molecule has 0 bridgehead atoms. The van der Waals surface area contributed by atoms with Gasteiger partial charge in [0.25, 0.3) is 10.0 Å². The highest BCUT2D eigenvalue weighted by Gasteiger charge is 2.15. The molecule has 0 atom stereocenters. The number of anilines is 1. The number of ether oxygens (including phenoxy) is 1. The number of fused-ring (bicyclic) bond motifs is 1. The Hall–Kier alpha value is -4.24. The van der Waals surface area contributed by atoms with E-state index >= 15 is 0 Å². The van der Waals surface area contributed by atoms with Gasteiger partial charge in [-0.1, -0.05) is 30.3 Å². The summed E-state index contributed by atoms with van der Waals surface area (Å²) in [6.45, 7) is 3.86. The third-order valence-corrected chi connectivity index (χ3v) is 6.59. The van der Waals surface area contributed by atoms with Crippen LogP contribution in [0.3, 0.4) is 0 Å². The lowest BCUT2D eigenvalue weighted by Gasteiger charge is -2.10. The molecular formula is C25H21N5O3S. The van der Waals surface area contributed by atoms with Crippen molar-refractivity contribution >= 4 is 26.5 Å². The Kier molecular flexibility index (Phi) is 5.46. The maximum Gasteiger partial charge on any atom is 0.261 e. The van der Waals surface area contributed by atoms with Crippen LogP contribution in [0.1, 0.15) is 11.4 Å². The number of hydrogen-bond donors (Lipinski definition) is 1. The molecule has 8 nitrogen and oxygen atoms in total. The maximum absolute atomic E-state index is 12.8. The van der Waals surface area contributed by atoms with Gasteiger partial charge in [-0.3, -0.25) is 4.72 Å². The van der Waals surface area contributed by atoms with Gasteiger partial charge < -0.3 is 4.74 Å². The molecule has 0 saturated carbocycles. The molecule has 0 saturated heterocycles. The second-order valence-electron chi connectivity index (χ2n) is 7.81. The van der Waals surface area contributed by atoms with Crippen LogP contribution in [0.4, 0.5) is 5.69 Å². The van der Waals surface area contributed by atoms with Crippen molar-refractivity contribution in [2.45, 2.75) is 18.7 Å². The Labute approximate surface area is 196 Å². The Bertz CT molecular complexity index is 1580. The number of aryl methyl sites for hydroxylation is 2. The quantitative estimate of drug-likeness (QED) is 0.373. The van der Waals surface area contributed by atoms with Gasteiger partial charge >= 0.3 is 0 Å². The summed E-state index contributed by atoms with van der Waals surface area (Å²) in [4.78, 5) is 0.199. The van der Waals surface area contributed by atoms with Crippen LogP contribution >= 0.6 is 0 Å². The van der Waals surface area contributed by atoms with Crippen LogP contribution in [0.25, 0.3) is 16.6 Å². The topological polar surface area (TPSA) is 99.0 Å². The highest BCUT2D eigenvalue weighted by molar-refractivity contribution is 7.92. The molecule has 9 heteroatoms. The van der Waals surface area contributed by atoms with Crippen LogP contribution in [0.15, 0.2) is 89.8 Å². The zero-order chi connectivity index (χ0) is 23.7. The molecule has 5 rings (SSSR count). The Morgan fingerprint density at radius 3 is 2.26 bits per heavy atom. The number of rotatable bonds is 6. The van der Waals surface area contributed by atoms with E-state index < -0.39 is 10.0 Å². The predicted molar refractivity (Wildman–Crippen MR) is 130 cm³/mol. The van der Waals surface area contributed by atoms with E-state index in [0.29, 0.717) is 23.1 Å². The molecule has 0 radical (unpaired) electrons. The molecule has 170 valence electrons. The molecule has 0 aliphatic carbocycles. The van der Waals surface area contributed by atoms with Crippen LogP contribution in [-0.2, 0) is 10.0 Å². The average Bonchev–Trinajstić information content (AvgIpc) is 3.18. The first-order valence-corrected chi connectivity index (χ1v) is 12.0. The van der Waals surface area contributed by atoms with E-state index in [1.807, 2.05) is 44.2 Å². The number of nitrogens with one attached hydrogen (secondary N) is 1. The molecule has 0 spiro atoms. The van der Waals surface area contributed by atoms with Crippen molar-refractivity contribution in [3.05, 3.63) is 96.3 Å². The van der Waals surface area contributed by atoms with Crippen LogP contribution in [0.5, 0.6) is 11.6 Å². The van der Waals surface area contributed by atoms with E-state index in [2.05, 4.69) is 20.0 Å². The molecular weight excluding hydrogens is 450 g/mol. The lowest BCUT2D eigenvalue weighted by Crippen LogP contribution is -2.12. The van der Waals surface area contributed by atoms with E-state index in [-0.39, 0.29) is 4.90 Å². The zero-order valence-electron chi connectivity index (χ0n) is 18.5. The van der Waals surface area contributed by atoms with Gasteiger partial charge in [-0.2, -0.15) is 5.10 Å². The third-order valence-electron chi connectivity index (χ3n) is 5.21. The monoisotopic (exact) mass is 471 g/mol. The van der Waals surface area contributed by atoms with Crippen molar-refractivity contribution in [2.24, 2.45) is 0 Å². The summed E-state index contributed by atoms with van der Waals surface area (Å²) in [7, 11) is -3.73. The van der Waals surface area contributed by atoms with Gasteiger partial charge in [0.2, 0.25) is 5.88 Å². The molecule has 5 aromatic rings. The summed E-state index contributed by atoms with van der Waals surface area (Å²) in [6.07, 6.45) is 0. The SMILES string of the molecule is Cc1cc(C)n(-c2ccc(Oc3ccc(NS(=O)(=O)c4ccc5ccccc5c4)cc3)nn2)n1. The van der Waals surface area contributed by atoms with E-state index in [1.54, 1.807) is 59.3 Å². The average molecular weight is 472 g/mol. The fourth-order valence-corrected chi connectivity index (χ4v) is 4.70. The van der Waals surface area contributed by atoms with Gasteiger partial charge in [-0.05, 0) is 73.2 Å². The second-order valence-corrected chi connectivity index (χ2v) is 9.49. The first kappa shape index (κ1) is 21.6. The largest absolute Gasteiger partial charge is 0.438 e. The number of benzene rings is 3. The molecule has 3 aromatic carbocycles. The summed E-state index contributed by atoms with van der Waals surface area (Å²) >= 11 is 0.